The molecule has 0 aliphatic carbocycles. The largest absolute Gasteiger partial charge is 0.497 e. The zero-order valence-electron chi connectivity index (χ0n) is 21.4. The normalized spacial score (nSPS) is 17.9. The van der Waals surface area contributed by atoms with Crippen molar-refractivity contribution in [1.82, 2.24) is 9.88 Å². The Hall–Kier alpha value is -3.08. The average Bonchev–Trinajstić information content (AvgIpc) is 2.91. The molecule has 194 valence electrons. The van der Waals surface area contributed by atoms with E-state index in [9.17, 15) is 9.90 Å². The van der Waals surface area contributed by atoms with Crippen LogP contribution in [0, 0.1) is 23.2 Å². The first kappa shape index (κ1) is 27.0. The molecule has 7 heteroatoms. The van der Waals surface area contributed by atoms with Gasteiger partial charge < -0.3 is 14.7 Å². The third kappa shape index (κ3) is 7.70. The number of rotatable bonds is 12. The van der Waals surface area contributed by atoms with Crippen LogP contribution in [0.5, 0.6) is 5.75 Å². The molecule has 2 aromatic carbocycles. The minimum absolute atomic E-state index is 0.195. The van der Waals surface area contributed by atoms with Crippen LogP contribution >= 0.6 is 11.8 Å². The first-order valence-electron chi connectivity index (χ1n) is 13.0. The molecule has 1 fully saturated rings. The molecule has 37 heavy (non-hydrogen) atoms. The number of thioether (sulfide) groups is 1. The smallest absolute Gasteiger partial charge is 0.303 e. The SMILES string of the molecule is COc1ccc2nccc(CCC[C@@H]3CCN(CCCSc4cccc(C#N)c4)C[C@@H]3CC(=O)O)c2c1. The standard InChI is InChI=1S/C30H35N3O3S/c1-36-26-9-10-29-28(19-26)24(11-13-32-29)7-3-6-23-12-15-33(21-25(23)18-30(34)35)14-4-16-37-27-8-2-5-22(17-27)20-31/h2,5,8-11,13,17,19,23,25H,3-4,6-7,12,14-16,18,21H2,1H3,(H,34,35)/t23-,25+/m1/s1. The van der Waals surface area contributed by atoms with Gasteiger partial charge in [0.15, 0.2) is 0 Å². The van der Waals surface area contributed by atoms with Crippen LogP contribution in [0.25, 0.3) is 10.9 Å². The Morgan fingerprint density at radius 2 is 2.11 bits per heavy atom. The van der Waals surface area contributed by atoms with Gasteiger partial charge in [0.05, 0.1) is 24.3 Å². The lowest BCUT2D eigenvalue weighted by molar-refractivity contribution is -0.139. The molecule has 1 aliphatic heterocycles. The highest BCUT2D eigenvalue weighted by Crippen LogP contribution is 2.32. The van der Waals surface area contributed by atoms with Crippen LogP contribution in [0.15, 0.2) is 59.6 Å². The van der Waals surface area contributed by atoms with Crippen LogP contribution in [-0.2, 0) is 11.2 Å². The summed E-state index contributed by atoms with van der Waals surface area (Å²) in [5, 5.41) is 19.8. The number of hydrogen-bond acceptors (Lipinski definition) is 6. The summed E-state index contributed by atoms with van der Waals surface area (Å²) in [6.07, 6.45) is 7.25. The summed E-state index contributed by atoms with van der Waals surface area (Å²) in [7, 11) is 1.68. The molecule has 2 heterocycles. The van der Waals surface area contributed by atoms with Gasteiger partial charge >= 0.3 is 5.97 Å². The monoisotopic (exact) mass is 517 g/mol. The molecule has 1 N–H and O–H groups in total. The molecular weight excluding hydrogens is 482 g/mol. The number of piperidine rings is 1. The van der Waals surface area contributed by atoms with Crippen molar-refractivity contribution in [3.05, 3.63) is 65.9 Å². The highest BCUT2D eigenvalue weighted by atomic mass is 32.2. The molecule has 0 spiro atoms. The molecule has 1 aromatic heterocycles. The maximum Gasteiger partial charge on any atom is 0.303 e. The van der Waals surface area contributed by atoms with Crippen molar-refractivity contribution in [2.45, 2.75) is 43.4 Å². The van der Waals surface area contributed by atoms with E-state index in [4.69, 9.17) is 10.00 Å². The van der Waals surface area contributed by atoms with Gasteiger partial charge in [-0.05, 0) is 111 Å². The van der Waals surface area contributed by atoms with Crippen molar-refractivity contribution in [3.63, 3.8) is 0 Å². The van der Waals surface area contributed by atoms with Crippen molar-refractivity contribution in [2.24, 2.45) is 11.8 Å². The number of ether oxygens (including phenoxy) is 1. The van der Waals surface area contributed by atoms with Crippen LogP contribution in [0.4, 0.5) is 0 Å². The Balaban J connectivity index is 1.27. The quantitative estimate of drug-likeness (QED) is 0.232. The van der Waals surface area contributed by atoms with Gasteiger partial charge in [0.25, 0.3) is 0 Å². The molecule has 0 bridgehead atoms. The Kier molecular flexibility index (Phi) is 9.81. The number of fused-ring (bicyclic) bond motifs is 1. The Morgan fingerprint density at radius 3 is 2.92 bits per heavy atom. The third-order valence-electron chi connectivity index (χ3n) is 7.32. The van der Waals surface area contributed by atoms with Crippen molar-refractivity contribution >= 4 is 28.6 Å². The van der Waals surface area contributed by atoms with Crippen molar-refractivity contribution in [2.75, 3.05) is 32.5 Å². The van der Waals surface area contributed by atoms with E-state index < -0.39 is 5.97 Å². The van der Waals surface area contributed by atoms with Crippen molar-refractivity contribution in [3.8, 4) is 11.8 Å². The van der Waals surface area contributed by atoms with Gasteiger partial charge in [-0.1, -0.05) is 6.07 Å². The van der Waals surface area contributed by atoms with E-state index in [-0.39, 0.29) is 12.3 Å². The zero-order valence-corrected chi connectivity index (χ0v) is 22.3. The van der Waals surface area contributed by atoms with E-state index >= 15 is 0 Å². The fraction of sp³-hybridized carbons (Fsp3) is 0.433. The molecule has 3 aromatic rings. The molecule has 0 amide bonds. The number of nitriles is 1. The maximum atomic E-state index is 11.6. The summed E-state index contributed by atoms with van der Waals surface area (Å²) in [6.45, 7) is 2.88. The number of carboxylic acids is 1. The van der Waals surface area contributed by atoms with Gasteiger partial charge in [0.1, 0.15) is 5.75 Å². The molecule has 1 aliphatic rings. The number of nitrogens with zero attached hydrogens (tertiary/aromatic N) is 3. The van der Waals surface area contributed by atoms with E-state index in [0.29, 0.717) is 11.5 Å². The number of pyridine rings is 1. The summed E-state index contributed by atoms with van der Waals surface area (Å²) in [6, 6.07) is 18.0. The van der Waals surface area contributed by atoms with E-state index in [0.717, 1.165) is 79.0 Å². The lowest BCUT2D eigenvalue weighted by Gasteiger charge is -2.38. The van der Waals surface area contributed by atoms with Crippen molar-refractivity contribution < 1.29 is 14.6 Å². The third-order valence-corrected chi connectivity index (χ3v) is 8.40. The van der Waals surface area contributed by atoms with Gasteiger partial charge in [-0.15, -0.1) is 11.8 Å². The topological polar surface area (TPSA) is 86.5 Å². The Morgan fingerprint density at radius 1 is 1.22 bits per heavy atom. The number of aromatic nitrogens is 1. The predicted molar refractivity (Wildman–Crippen MR) is 148 cm³/mol. The number of aryl methyl sites for hydroxylation is 1. The van der Waals surface area contributed by atoms with Gasteiger partial charge in [-0.3, -0.25) is 9.78 Å². The first-order chi connectivity index (χ1) is 18.1. The van der Waals surface area contributed by atoms with E-state index in [2.05, 4.69) is 28.1 Å². The number of carboxylic acid groups (broad SMARTS) is 1. The summed E-state index contributed by atoms with van der Waals surface area (Å²) in [4.78, 5) is 19.7. The van der Waals surface area contributed by atoms with Gasteiger partial charge in [0.2, 0.25) is 0 Å². The average molecular weight is 518 g/mol. The van der Waals surface area contributed by atoms with Crippen LogP contribution in [0.3, 0.4) is 0 Å². The zero-order chi connectivity index (χ0) is 26.0. The lowest BCUT2D eigenvalue weighted by atomic mass is 9.80. The fourth-order valence-corrected chi connectivity index (χ4v) is 6.30. The summed E-state index contributed by atoms with van der Waals surface area (Å²) in [5.74, 6) is 1.77. The molecule has 6 nitrogen and oxygen atoms in total. The Bertz CT molecular complexity index is 1240. The van der Waals surface area contributed by atoms with E-state index in [1.54, 1.807) is 18.9 Å². The van der Waals surface area contributed by atoms with E-state index in [1.807, 2.05) is 42.6 Å². The second kappa shape index (κ2) is 13.5. The van der Waals surface area contributed by atoms with Crippen molar-refractivity contribution in [1.29, 1.82) is 5.26 Å². The van der Waals surface area contributed by atoms with Gasteiger partial charge in [0, 0.05) is 29.4 Å². The van der Waals surface area contributed by atoms with Crippen LogP contribution in [0.2, 0.25) is 0 Å². The van der Waals surface area contributed by atoms with Gasteiger partial charge in [-0.2, -0.15) is 5.26 Å². The number of hydrogen-bond donors (Lipinski definition) is 1. The molecule has 0 unspecified atom stereocenters. The molecule has 2 atom stereocenters. The minimum Gasteiger partial charge on any atom is -0.497 e. The van der Waals surface area contributed by atoms with Crippen LogP contribution in [-0.4, -0.2) is 53.5 Å². The number of benzene rings is 2. The lowest BCUT2D eigenvalue weighted by Crippen LogP contribution is -2.41. The number of carbonyl (C=O) groups is 1. The highest BCUT2D eigenvalue weighted by Gasteiger charge is 2.30. The predicted octanol–water partition coefficient (Wildman–Crippen LogP) is 6.03. The number of aliphatic carboxylic acids is 1. The second-order valence-corrected chi connectivity index (χ2v) is 11.0. The van der Waals surface area contributed by atoms with E-state index in [1.165, 1.54) is 5.56 Å². The first-order valence-corrected chi connectivity index (χ1v) is 14.0. The molecule has 0 saturated carbocycles. The Labute approximate surface area is 223 Å². The highest BCUT2D eigenvalue weighted by molar-refractivity contribution is 7.99. The number of likely N-dealkylation sites (tertiary alicyclic amines) is 1. The summed E-state index contributed by atoms with van der Waals surface area (Å²) < 4.78 is 5.40. The molecule has 1 saturated heterocycles. The van der Waals surface area contributed by atoms with Crippen LogP contribution < -0.4 is 4.74 Å². The van der Waals surface area contributed by atoms with Gasteiger partial charge in [-0.25, -0.2) is 0 Å². The minimum atomic E-state index is -0.697. The molecule has 4 rings (SSSR count). The molecule has 0 radical (unpaired) electrons. The van der Waals surface area contributed by atoms with Crippen LogP contribution in [0.1, 0.15) is 43.2 Å². The molecular formula is C30H35N3O3S. The number of methoxy groups -OCH3 is 1. The summed E-state index contributed by atoms with van der Waals surface area (Å²) >= 11 is 1.78. The second-order valence-electron chi connectivity index (χ2n) is 9.79. The fourth-order valence-electron chi connectivity index (χ4n) is 5.41. The summed E-state index contributed by atoms with van der Waals surface area (Å²) in [5.41, 5.74) is 2.95. The maximum absolute atomic E-state index is 11.6.